The van der Waals surface area contributed by atoms with E-state index >= 15 is 4.39 Å². The number of phenolic OH excluding ortho intramolecular Hbond substituents is 1. The van der Waals surface area contributed by atoms with E-state index in [2.05, 4.69) is 90.8 Å². The summed E-state index contributed by atoms with van der Waals surface area (Å²) in [7, 11) is 3.14. The number of nitriles is 1. The van der Waals surface area contributed by atoms with Crippen LogP contribution >= 0.6 is 0 Å². The van der Waals surface area contributed by atoms with Gasteiger partial charge in [-0.3, -0.25) is 38.7 Å². The van der Waals surface area contributed by atoms with Gasteiger partial charge in [-0.2, -0.15) is 15.2 Å². The lowest BCUT2D eigenvalue weighted by Crippen LogP contribution is -2.36. The van der Waals surface area contributed by atoms with Crippen LogP contribution in [0.25, 0.3) is 44.0 Å². The number of terminal acetylenes is 1. The Bertz CT molecular complexity index is 3410. The van der Waals surface area contributed by atoms with Gasteiger partial charge in [0.25, 0.3) is 6.47 Å². The summed E-state index contributed by atoms with van der Waals surface area (Å²) in [6.45, 7) is 23.2. The summed E-state index contributed by atoms with van der Waals surface area (Å²) in [5.41, 5.74) is 2.51. The van der Waals surface area contributed by atoms with E-state index in [0.717, 1.165) is 67.4 Å². The summed E-state index contributed by atoms with van der Waals surface area (Å²) in [6, 6.07) is 14.5. The topological polar surface area (TPSA) is 198 Å². The molecule has 3 aromatic heterocycles. The predicted octanol–water partition coefficient (Wildman–Crippen LogP) is 15.4. The maximum absolute atomic E-state index is 16.1. The largest absolute Gasteiger partial charge is 0.508 e. The predicted molar refractivity (Wildman–Crippen MR) is 358 cm³/mol. The minimum atomic E-state index is -0.779. The number of rotatable bonds is 24. The summed E-state index contributed by atoms with van der Waals surface area (Å²) in [4.78, 5) is 63.7. The fourth-order valence-electron chi connectivity index (χ4n) is 13.0. The number of hydrogen-bond acceptors (Lipinski definition) is 13. The molecule has 3 aliphatic heterocycles. The number of carbonyl (C=O) groups excluding carboxylic acids is 3. The molecule has 3 aliphatic rings. The van der Waals surface area contributed by atoms with Gasteiger partial charge in [-0.05, 0) is 130 Å². The second-order valence-electron chi connectivity index (χ2n) is 24.0. The number of imide groups is 1. The number of aromatic nitrogens is 5. The Morgan fingerprint density at radius 3 is 2.27 bits per heavy atom. The number of fused-ring (bicyclic) bond motifs is 4. The fourth-order valence-corrected chi connectivity index (χ4v) is 13.0. The average molecular weight is 1240 g/mol. The Hall–Kier alpha value is -7.44. The minimum Gasteiger partial charge on any atom is -0.508 e. The van der Waals surface area contributed by atoms with Crippen LogP contribution in [0.3, 0.4) is 0 Å². The lowest BCUT2D eigenvalue weighted by molar-refractivity contribution is -0.130. The van der Waals surface area contributed by atoms with Crippen molar-refractivity contribution in [1.82, 2.24) is 34.3 Å². The van der Waals surface area contributed by atoms with Gasteiger partial charge in [0.2, 0.25) is 12.3 Å². The number of amides is 2. The summed E-state index contributed by atoms with van der Waals surface area (Å²) in [6.07, 6.45) is 30.2. The van der Waals surface area contributed by atoms with E-state index in [0.29, 0.717) is 74.0 Å². The van der Waals surface area contributed by atoms with Gasteiger partial charge in [-0.1, -0.05) is 145 Å². The molecule has 7 atom stereocenters. The zero-order valence-corrected chi connectivity index (χ0v) is 55.6. The molecule has 90 heavy (non-hydrogen) atoms. The SMILES string of the molecule is C#Cc1c(F)ccc2cc(O)cc(-c3ncc4c(N5CCCC(C#N)CC5)nc(OC)nc4c3F)c12.CC.CCCC(CC)CCC(C)CC.CCCCC(CCC)c1ccc2c(c1)n(C)c(=O)n2C(CCC)C(=O)NC=O.O=COCC1CCC2CCCN21. The van der Waals surface area contributed by atoms with E-state index < -0.39 is 23.6 Å². The first kappa shape index (κ1) is 73.3. The zero-order chi connectivity index (χ0) is 65.9. The number of anilines is 1. The van der Waals surface area contributed by atoms with Crippen LogP contribution in [-0.4, -0.2) is 98.3 Å². The lowest BCUT2D eigenvalue weighted by Gasteiger charge is -2.23. The maximum Gasteiger partial charge on any atom is 0.329 e. The molecule has 0 bridgehead atoms. The summed E-state index contributed by atoms with van der Waals surface area (Å²) in [5, 5.41) is 22.9. The van der Waals surface area contributed by atoms with E-state index in [4.69, 9.17) is 15.9 Å². The standard InChI is InChI=1S/C27H21F2N5O2.C22H33N3O3.C12H26.C9H15NO2.C2H6/c1-3-18-21(28)7-6-16-11-17(35)12-19(22(16)18)24-23(29)25-20(14-31-24)26(33-27(32-25)36-2)34-9-4-5-15(13-30)8-10-34;1-5-8-11-16(9-6-2)17-12-13-18-20(14-17)24(4)22(28)25(18)19(10-7-3)21(27)23-15-26;1-5-8-12(7-3)10-9-11(4)6-2;11-7-12-6-9-4-3-8-2-1-5-10(8)9;1-2/h1,6-7,11-12,14-15,35H,4-5,8-10H2,2H3;12-16,19H,5-11H2,1-4H3,(H,23,26,27);11-12H,5-10H2,1-4H3;7-9H,1-6H2;1-2H3. The fraction of sp³-hybridized carbons (Fsp3) is 0.583. The number of phenols is 1. The second kappa shape index (κ2) is 37.7. The molecule has 18 heteroatoms. The summed E-state index contributed by atoms with van der Waals surface area (Å²) < 4.78 is 43.9. The third-order valence-corrected chi connectivity index (χ3v) is 18.1. The first-order valence-electron chi connectivity index (χ1n) is 33.3. The molecule has 3 fully saturated rings. The normalized spacial score (nSPS) is 17.4. The monoisotopic (exact) mass is 1240 g/mol. The van der Waals surface area contributed by atoms with Crippen molar-refractivity contribution in [2.45, 2.75) is 215 Å². The zero-order valence-electron chi connectivity index (χ0n) is 55.6. The molecule has 0 spiro atoms. The van der Waals surface area contributed by atoms with Crippen molar-refractivity contribution in [3.63, 3.8) is 0 Å². The third-order valence-electron chi connectivity index (χ3n) is 18.1. The van der Waals surface area contributed by atoms with Gasteiger partial charge >= 0.3 is 11.7 Å². The number of aromatic hydroxyl groups is 1. The summed E-state index contributed by atoms with van der Waals surface area (Å²) >= 11 is 0. The van der Waals surface area contributed by atoms with Crippen molar-refractivity contribution < 1.29 is 37.7 Å². The number of carbonyl (C=O) groups is 3. The van der Waals surface area contributed by atoms with Crippen molar-refractivity contribution >= 4 is 57.3 Å². The van der Waals surface area contributed by atoms with Gasteiger partial charge in [0, 0.05) is 55.3 Å². The molecule has 0 radical (unpaired) electrons. The Kier molecular flexibility index (Phi) is 30.7. The van der Waals surface area contributed by atoms with Crippen LogP contribution in [-0.2, 0) is 26.2 Å². The van der Waals surface area contributed by atoms with Crippen LogP contribution in [0.5, 0.6) is 11.8 Å². The van der Waals surface area contributed by atoms with Gasteiger partial charge < -0.3 is 19.5 Å². The minimum absolute atomic E-state index is 0.0224. The highest BCUT2D eigenvalue weighted by molar-refractivity contribution is 6.03. The number of nitrogens with one attached hydrogen (secondary N) is 1. The quantitative estimate of drug-likeness (QED) is 0.0429. The Balaban J connectivity index is 0.000000239. The van der Waals surface area contributed by atoms with E-state index in [9.17, 15) is 33.9 Å². The molecular weight excluding hydrogens is 1140 g/mol. The van der Waals surface area contributed by atoms with E-state index in [-0.39, 0.29) is 51.1 Å². The highest BCUT2D eigenvalue weighted by Gasteiger charge is 2.36. The molecule has 3 saturated heterocycles. The number of unbranched alkanes of at least 4 members (excludes halogenated alkanes) is 1. The van der Waals surface area contributed by atoms with Crippen molar-refractivity contribution in [3.8, 4) is 41.4 Å². The van der Waals surface area contributed by atoms with E-state index in [1.807, 2.05) is 31.7 Å². The molecule has 6 heterocycles. The number of hydrogen-bond donors (Lipinski definition) is 2. The van der Waals surface area contributed by atoms with Crippen LogP contribution in [0.4, 0.5) is 14.6 Å². The Labute approximate surface area is 533 Å². The molecule has 7 unspecified atom stereocenters. The van der Waals surface area contributed by atoms with Crippen molar-refractivity contribution in [2.24, 2.45) is 24.8 Å². The molecule has 0 saturated carbocycles. The molecule has 3 aromatic carbocycles. The number of imidazole rings is 1. The van der Waals surface area contributed by atoms with Gasteiger partial charge in [-0.15, -0.1) is 6.42 Å². The van der Waals surface area contributed by atoms with E-state index in [1.165, 1.54) is 131 Å². The number of benzene rings is 3. The van der Waals surface area contributed by atoms with Crippen LogP contribution in [0.1, 0.15) is 214 Å². The maximum atomic E-state index is 16.1. The number of aryl methyl sites for hydroxylation is 1. The van der Waals surface area contributed by atoms with Crippen molar-refractivity contribution in [2.75, 3.05) is 38.3 Å². The Morgan fingerprint density at radius 2 is 1.61 bits per heavy atom. The average Bonchev–Trinajstić information content (AvgIpc) is 0.935. The highest BCUT2D eigenvalue weighted by atomic mass is 19.1. The number of ether oxygens (including phenoxy) is 2. The second-order valence-corrected chi connectivity index (χ2v) is 24.0. The number of pyridine rings is 1. The van der Waals surface area contributed by atoms with Crippen molar-refractivity contribution in [1.29, 1.82) is 5.26 Å². The number of halogens is 2. The smallest absolute Gasteiger partial charge is 0.329 e. The Morgan fingerprint density at radius 1 is 0.867 bits per heavy atom. The van der Waals surface area contributed by atoms with Crippen LogP contribution < -0.4 is 20.6 Å². The third kappa shape index (κ3) is 18.8. The van der Waals surface area contributed by atoms with Crippen LogP contribution in [0, 0.1) is 53.1 Å². The van der Waals surface area contributed by atoms with Gasteiger partial charge in [0.15, 0.2) is 5.82 Å². The van der Waals surface area contributed by atoms with Crippen LogP contribution in [0.15, 0.2) is 53.5 Å². The molecule has 16 nitrogen and oxygen atoms in total. The summed E-state index contributed by atoms with van der Waals surface area (Å²) in [5.74, 6) is 3.17. The van der Waals surface area contributed by atoms with Gasteiger partial charge in [0.1, 0.15) is 41.2 Å². The molecule has 2 amide bonds. The molecule has 9 rings (SSSR count). The molecular formula is C72H101F2N9O7. The molecule has 2 N–H and O–H groups in total. The van der Waals surface area contributed by atoms with Crippen molar-refractivity contribution in [3.05, 3.63) is 81.9 Å². The first-order valence-corrected chi connectivity index (χ1v) is 33.3. The number of methoxy groups -OCH3 is 1. The molecule has 6 aromatic rings. The number of nitrogens with zero attached hydrogens (tertiary/aromatic N) is 8. The highest BCUT2D eigenvalue weighted by Crippen LogP contribution is 2.40. The van der Waals surface area contributed by atoms with Gasteiger partial charge in [0.05, 0.1) is 35.2 Å². The van der Waals surface area contributed by atoms with Gasteiger partial charge in [-0.25, -0.2) is 13.6 Å². The first-order chi connectivity index (χ1) is 43.6. The molecule has 490 valence electrons. The van der Waals surface area contributed by atoms with E-state index in [1.54, 1.807) is 11.6 Å². The van der Waals surface area contributed by atoms with Crippen LogP contribution in [0.2, 0.25) is 0 Å². The lowest BCUT2D eigenvalue weighted by atomic mass is 9.89. The molecule has 0 aliphatic carbocycles.